The van der Waals surface area contributed by atoms with E-state index in [-0.39, 0.29) is 24.8 Å². The van der Waals surface area contributed by atoms with Crippen molar-refractivity contribution in [1.29, 1.82) is 0 Å². The number of amides is 2. The van der Waals surface area contributed by atoms with Crippen LogP contribution in [0.1, 0.15) is 44.0 Å². The van der Waals surface area contributed by atoms with Crippen molar-refractivity contribution in [2.24, 2.45) is 5.92 Å². The molecule has 1 fully saturated rings. The van der Waals surface area contributed by atoms with Crippen molar-refractivity contribution in [3.63, 3.8) is 0 Å². The molecule has 1 saturated heterocycles. The quantitative estimate of drug-likeness (QED) is 0.702. The first-order valence-corrected chi connectivity index (χ1v) is 9.40. The standard InChI is InChI=1S/C20H28N2O5/c1-4-26-18(23)13-16-19(24)21-10-11-22(16)20(25)15-7-5-6-8-17(15)27-12-9-14(2)3/h5-8,14,16H,4,9-13H2,1-3H3,(H,21,24). The van der Waals surface area contributed by atoms with E-state index in [9.17, 15) is 14.4 Å². The van der Waals surface area contributed by atoms with Crippen LogP contribution in [-0.2, 0) is 14.3 Å². The molecule has 1 aliphatic heterocycles. The zero-order chi connectivity index (χ0) is 19.8. The first kappa shape index (κ1) is 20.7. The third-order valence-corrected chi connectivity index (χ3v) is 4.33. The van der Waals surface area contributed by atoms with Crippen molar-refractivity contribution in [3.8, 4) is 5.75 Å². The lowest BCUT2D eigenvalue weighted by atomic mass is 10.1. The van der Waals surface area contributed by atoms with E-state index in [0.717, 1.165) is 6.42 Å². The number of rotatable bonds is 8. The van der Waals surface area contributed by atoms with Crippen LogP contribution in [0.5, 0.6) is 5.75 Å². The molecule has 1 N–H and O–H groups in total. The molecule has 1 aromatic rings. The molecule has 1 aliphatic rings. The molecule has 1 unspecified atom stereocenters. The molecule has 0 bridgehead atoms. The second kappa shape index (κ2) is 9.94. The third-order valence-electron chi connectivity index (χ3n) is 4.33. The van der Waals surface area contributed by atoms with Crippen LogP contribution in [0.3, 0.4) is 0 Å². The van der Waals surface area contributed by atoms with Crippen LogP contribution in [0.2, 0.25) is 0 Å². The summed E-state index contributed by atoms with van der Waals surface area (Å²) in [5.74, 6) is -0.185. The fraction of sp³-hybridized carbons (Fsp3) is 0.550. The normalized spacial score (nSPS) is 16.8. The Morgan fingerprint density at radius 2 is 2.04 bits per heavy atom. The van der Waals surface area contributed by atoms with E-state index in [4.69, 9.17) is 9.47 Å². The number of ether oxygens (including phenoxy) is 2. The Balaban J connectivity index is 2.18. The van der Waals surface area contributed by atoms with Gasteiger partial charge in [0.2, 0.25) is 5.91 Å². The van der Waals surface area contributed by atoms with Crippen LogP contribution in [0.25, 0.3) is 0 Å². The highest BCUT2D eigenvalue weighted by Crippen LogP contribution is 2.23. The van der Waals surface area contributed by atoms with Gasteiger partial charge in [-0.1, -0.05) is 26.0 Å². The predicted molar refractivity (Wildman–Crippen MR) is 100 cm³/mol. The molecule has 148 valence electrons. The number of carbonyl (C=O) groups is 3. The number of benzene rings is 1. The predicted octanol–water partition coefficient (Wildman–Crippen LogP) is 2.01. The lowest BCUT2D eigenvalue weighted by molar-refractivity contribution is -0.147. The molecular formula is C20H28N2O5. The summed E-state index contributed by atoms with van der Waals surface area (Å²) >= 11 is 0. The van der Waals surface area contributed by atoms with Crippen molar-refractivity contribution in [2.75, 3.05) is 26.3 Å². The Hall–Kier alpha value is -2.57. The van der Waals surface area contributed by atoms with Gasteiger partial charge in [0, 0.05) is 13.1 Å². The number of nitrogens with zero attached hydrogens (tertiary/aromatic N) is 1. The summed E-state index contributed by atoms with van der Waals surface area (Å²) in [7, 11) is 0. The van der Waals surface area contributed by atoms with E-state index in [1.54, 1.807) is 31.2 Å². The molecule has 2 rings (SSSR count). The molecule has 1 aromatic carbocycles. The molecule has 1 atom stereocenters. The van der Waals surface area contributed by atoms with E-state index in [1.807, 2.05) is 0 Å². The summed E-state index contributed by atoms with van der Waals surface area (Å²) in [5, 5.41) is 2.71. The number of hydrogen-bond donors (Lipinski definition) is 1. The van der Waals surface area contributed by atoms with E-state index < -0.39 is 12.0 Å². The Morgan fingerprint density at radius 3 is 2.74 bits per heavy atom. The minimum atomic E-state index is -0.881. The maximum absolute atomic E-state index is 13.1. The van der Waals surface area contributed by atoms with Crippen molar-refractivity contribution in [2.45, 2.75) is 39.7 Å². The maximum atomic E-state index is 13.1. The number of nitrogens with one attached hydrogen (secondary N) is 1. The van der Waals surface area contributed by atoms with Crippen LogP contribution >= 0.6 is 0 Å². The van der Waals surface area contributed by atoms with E-state index in [2.05, 4.69) is 19.2 Å². The van der Waals surface area contributed by atoms with Gasteiger partial charge in [-0.15, -0.1) is 0 Å². The van der Waals surface area contributed by atoms with Gasteiger partial charge in [0.25, 0.3) is 5.91 Å². The third kappa shape index (κ3) is 5.70. The number of esters is 1. The van der Waals surface area contributed by atoms with Gasteiger partial charge < -0.3 is 19.7 Å². The molecule has 1 heterocycles. The summed E-state index contributed by atoms with van der Waals surface area (Å²) < 4.78 is 10.7. The number of hydrogen-bond acceptors (Lipinski definition) is 5. The van der Waals surface area contributed by atoms with E-state index in [0.29, 0.717) is 36.9 Å². The second-order valence-electron chi connectivity index (χ2n) is 6.84. The molecule has 0 radical (unpaired) electrons. The molecule has 27 heavy (non-hydrogen) atoms. The maximum Gasteiger partial charge on any atom is 0.308 e. The molecule has 2 amide bonds. The van der Waals surface area contributed by atoms with E-state index in [1.165, 1.54) is 4.90 Å². The molecule has 0 saturated carbocycles. The fourth-order valence-corrected chi connectivity index (χ4v) is 2.87. The number of piperazine rings is 1. The van der Waals surface area contributed by atoms with Gasteiger partial charge in [-0.25, -0.2) is 0 Å². The van der Waals surface area contributed by atoms with Crippen LogP contribution in [0, 0.1) is 5.92 Å². The molecule has 0 aliphatic carbocycles. The van der Waals surface area contributed by atoms with Gasteiger partial charge in [0.1, 0.15) is 11.8 Å². The molecule has 0 spiro atoms. The van der Waals surface area contributed by atoms with Crippen LogP contribution in [0.15, 0.2) is 24.3 Å². The first-order chi connectivity index (χ1) is 12.9. The zero-order valence-electron chi connectivity index (χ0n) is 16.2. The summed E-state index contributed by atoms with van der Waals surface area (Å²) in [5.41, 5.74) is 0.393. The van der Waals surface area contributed by atoms with Gasteiger partial charge in [-0.05, 0) is 31.4 Å². The van der Waals surface area contributed by atoms with Crippen LogP contribution in [-0.4, -0.2) is 55.0 Å². The molecule has 7 nitrogen and oxygen atoms in total. The Labute approximate surface area is 160 Å². The van der Waals surface area contributed by atoms with Gasteiger partial charge in [0.15, 0.2) is 0 Å². The summed E-state index contributed by atoms with van der Waals surface area (Å²) in [6.45, 7) is 7.32. The lowest BCUT2D eigenvalue weighted by Gasteiger charge is -2.34. The highest BCUT2D eigenvalue weighted by Gasteiger charge is 2.36. The van der Waals surface area contributed by atoms with Gasteiger partial charge >= 0.3 is 5.97 Å². The average Bonchev–Trinajstić information content (AvgIpc) is 2.63. The smallest absolute Gasteiger partial charge is 0.308 e. The number of carbonyl (C=O) groups excluding carboxylic acids is 3. The van der Waals surface area contributed by atoms with Crippen molar-refractivity contribution < 1.29 is 23.9 Å². The minimum absolute atomic E-state index is 0.165. The largest absolute Gasteiger partial charge is 0.493 e. The van der Waals surface area contributed by atoms with Crippen LogP contribution < -0.4 is 10.1 Å². The fourth-order valence-electron chi connectivity index (χ4n) is 2.87. The van der Waals surface area contributed by atoms with E-state index >= 15 is 0 Å². The second-order valence-corrected chi connectivity index (χ2v) is 6.84. The molecule has 0 aromatic heterocycles. The van der Waals surface area contributed by atoms with Gasteiger partial charge in [0.05, 0.1) is 25.2 Å². The van der Waals surface area contributed by atoms with Gasteiger partial charge in [-0.2, -0.15) is 0 Å². The summed E-state index contributed by atoms with van der Waals surface area (Å²) in [6.07, 6.45) is 0.710. The van der Waals surface area contributed by atoms with Crippen molar-refractivity contribution in [3.05, 3.63) is 29.8 Å². The summed E-state index contributed by atoms with van der Waals surface area (Å²) in [4.78, 5) is 38.7. The highest BCUT2D eigenvalue weighted by molar-refractivity contribution is 6.01. The SMILES string of the molecule is CCOC(=O)CC1C(=O)NCCN1C(=O)c1ccccc1OCCC(C)C. The first-order valence-electron chi connectivity index (χ1n) is 9.40. The van der Waals surface area contributed by atoms with Gasteiger partial charge in [-0.3, -0.25) is 14.4 Å². The highest BCUT2D eigenvalue weighted by atomic mass is 16.5. The Morgan fingerprint density at radius 1 is 1.30 bits per heavy atom. The summed E-state index contributed by atoms with van der Waals surface area (Å²) in [6, 6.07) is 6.11. The number of para-hydroxylation sites is 1. The lowest BCUT2D eigenvalue weighted by Crippen LogP contribution is -2.57. The Bertz CT molecular complexity index is 674. The van der Waals surface area contributed by atoms with Crippen molar-refractivity contribution in [1.82, 2.24) is 10.2 Å². The topological polar surface area (TPSA) is 84.9 Å². The van der Waals surface area contributed by atoms with Crippen LogP contribution in [0.4, 0.5) is 0 Å². The molecular weight excluding hydrogens is 348 g/mol. The van der Waals surface area contributed by atoms with Crippen molar-refractivity contribution >= 4 is 17.8 Å². The average molecular weight is 376 g/mol. The zero-order valence-corrected chi connectivity index (χ0v) is 16.2. The molecule has 7 heteroatoms. The monoisotopic (exact) mass is 376 g/mol. The Kier molecular flexibility index (Phi) is 7.64. The minimum Gasteiger partial charge on any atom is -0.493 e.